The van der Waals surface area contributed by atoms with Crippen LogP contribution in [0, 0.1) is 0 Å². The van der Waals surface area contributed by atoms with Gasteiger partial charge in [0.2, 0.25) is 0 Å². The number of carbonyl (C=O) groups is 1. The lowest BCUT2D eigenvalue weighted by Gasteiger charge is -2.42. The predicted octanol–water partition coefficient (Wildman–Crippen LogP) is 3.29. The molecule has 8 nitrogen and oxygen atoms in total. The Labute approximate surface area is 195 Å². The zero-order valence-electron chi connectivity index (χ0n) is 19.2. The van der Waals surface area contributed by atoms with Crippen molar-refractivity contribution >= 4 is 5.78 Å². The Morgan fingerprint density at radius 1 is 1.06 bits per heavy atom. The molecule has 1 fully saturated rings. The van der Waals surface area contributed by atoms with Gasteiger partial charge in [0, 0.05) is 17.2 Å². The summed E-state index contributed by atoms with van der Waals surface area (Å²) in [4.78, 5) is 38.8. The van der Waals surface area contributed by atoms with E-state index in [1.165, 1.54) is 16.3 Å². The molecule has 0 saturated heterocycles. The number of ether oxygens (including phenoxy) is 1. The molecule has 6 rings (SSSR count). The second kappa shape index (κ2) is 6.85. The lowest BCUT2D eigenvalue weighted by Crippen LogP contribution is -2.46. The molecule has 1 saturated carbocycles. The Kier molecular flexibility index (Phi) is 4.19. The summed E-state index contributed by atoms with van der Waals surface area (Å²) < 4.78 is 10.4. The number of ketones is 1. The van der Waals surface area contributed by atoms with Gasteiger partial charge in [-0.2, -0.15) is 0 Å². The van der Waals surface area contributed by atoms with Crippen molar-refractivity contribution in [1.29, 1.82) is 0 Å². The van der Waals surface area contributed by atoms with Crippen LogP contribution in [0.15, 0.2) is 57.6 Å². The molecule has 34 heavy (non-hydrogen) atoms. The standard InChI is InChI=1S/C26H25N3O5/c1-14(30)15-6-8-17(9-7-15)28-24(32)27-11-10-20-23(29(27)25(28)33)19-12-18(16-4-5-16)21(31)13-22(19)34-26(20,2)3/h6-10,12-13,16,23,31H,4-5,11H2,1-3H3. The molecular weight excluding hydrogens is 434 g/mol. The number of aromatic nitrogens is 3. The molecule has 2 aromatic carbocycles. The van der Waals surface area contributed by atoms with Crippen LogP contribution in [-0.4, -0.2) is 30.4 Å². The Bertz CT molecular complexity index is 1510. The second-order valence-corrected chi connectivity index (χ2v) is 9.83. The van der Waals surface area contributed by atoms with E-state index >= 15 is 0 Å². The first-order valence-electron chi connectivity index (χ1n) is 11.5. The fourth-order valence-electron chi connectivity index (χ4n) is 5.24. The van der Waals surface area contributed by atoms with Crippen molar-refractivity contribution in [3.8, 4) is 17.2 Å². The molecule has 0 bridgehead atoms. The van der Waals surface area contributed by atoms with Crippen LogP contribution < -0.4 is 16.1 Å². The van der Waals surface area contributed by atoms with Crippen LogP contribution in [0.4, 0.5) is 0 Å². The zero-order chi connectivity index (χ0) is 23.9. The van der Waals surface area contributed by atoms with Crippen molar-refractivity contribution in [2.45, 2.75) is 57.7 Å². The monoisotopic (exact) mass is 459 g/mol. The number of hydrogen-bond donors (Lipinski definition) is 1. The van der Waals surface area contributed by atoms with Crippen LogP contribution in [0.1, 0.15) is 67.1 Å². The Hall–Kier alpha value is -3.81. The molecular formula is C26H25N3O5. The van der Waals surface area contributed by atoms with Crippen molar-refractivity contribution in [2.24, 2.45) is 0 Å². The Morgan fingerprint density at radius 2 is 1.76 bits per heavy atom. The van der Waals surface area contributed by atoms with E-state index in [9.17, 15) is 19.5 Å². The molecule has 1 N–H and O–H groups in total. The number of hydrogen-bond acceptors (Lipinski definition) is 5. The average molecular weight is 460 g/mol. The third-order valence-corrected chi connectivity index (χ3v) is 7.15. The highest BCUT2D eigenvalue weighted by Crippen LogP contribution is 2.51. The number of benzene rings is 2. The van der Waals surface area contributed by atoms with E-state index in [0.717, 1.165) is 34.1 Å². The van der Waals surface area contributed by atoms with Gasteiger partial charge in [-0.25, -0.2) is 23.5 Å². The van der Waals surface area contributed by atoms with Gasteiger partial charge in [-0.1, -0.05) is 6.08 Å². The lowest BCUT2D eigenvalue weighted by molar-refractivity contribution is 0.101. The molecule has 1 aliphatic carbocycles. The van der Waals surface area contributed by atoms with Crippen molar-refractivity contribution in [3.05, 3.63) is 85.7 Å². The van der Waals surface area contributed by atoms with Crippen LogP contribution in [0.2, 0.25) is 0 Å². The summed E-state index contributed by atoms with van der Waals surface area (Å²) in [6.45, 7) is 5.57. The van der Waals surface area contributed by atoms with Crippen LogP contribution in [0.3, 0.4) is 0 Å². The maximum Gasteiger partial charge on any atom is 0.352 e. The summed E-state index contributed by atoms with van der Waals surface area (Å²) in [5, 5.41) is 10.6. The molecule has 0 spiro atoms. The maximum absolute atomic E-state index is 13.7. The quantitative estimate of drug-likeness (QED) is 0.479. The summed E-state index contributed by atoms with van der Waals surface area (Å²) in [6.07, 6.45) is 3.99. The average Bonchev–Trinajstić information content (AvgIpc) is 3.59. The van der Waals surface area contributed by atoms with E-state index in [-0.39, 0.29) is 18.1 Å². The highest BCUT2D eigenvalue weighted by molar-refractivity contribution is 5.94. The molecule has 0 amide bonds. The Morgan fingerprint density at radius 3 is 2.41 bits per heavy atom. The molecule has 1 unspecified atom stereocenters. The number of rotatable bonds is 3. The van der Waals surface area contributed by atoms with Crippen molar-refractivity contribution in [3.63, 3.8) is 0 Å². The number of aromatic hydroxyl groups is 1. The smallest absolute Gasteiger partial charge is 0.352 e. The van der Waals surface area contributed by atoms with Gasteiger partial charge >= 0.3 is 11.4 Å². The molecule has 3 aromatic rings. The van der Waals surface area contributed by atoms with Crippen LogP contribution in [0.5, 0.6) is 11.5 Å². The van der Waals surface area contributed by atoms with Gasteiger partial charge in [0.05, 0.1) is 12.2 Å². The van der Waals surface area contributed by atoms with E-state index in [1.807, 2.05) is 26.0 Å². The first-order valence-corrected chi connectivity index (χ1v) is 11.5. The van der Waals surface area contributed by atoms with Crippen LogP contribution in [0.25, 0.3) is 5.69 Å². The predicted molar refractivity (Wildman–Crippen MR) is 125 cm³/mol. The number of Topliss-reactive ketones (excluding diaryl/α,β-unsaturated/α-hetero) is 1. The van der Waals surface area contributed by atoms with Gasteiger partial charge in [0.1, 0.15) is 23.1 Å². The van der Waals surface area contributed by atoms with Gasteiger partial charge in [0.25, 0.3) is 0 Å². The van der Waals surface area contributed by atoms with Crippen molar-refractivity contribution in [2.75, 3.05) is 0 Å². The van der Waals surface area contributed by atoms with Gasteiger partial charge in [-0.3, -0.25) is 4.79 Å². The van der Waals surface area contributed by atoms with Crippen molar-refractivity contribution < 1.29 is 14.6 Å². The molecule has 174 valence electrons. The normalized spacial score (nSPS) is 20.0. The fourth-order valence-corrected chi connectivity index (χ4v) is 5.24. The number of phenols is 1. The summed E-state index contributed by atoms with van der Waals surface area (Å²) in [5.41, 5.74) is 1.82. The Balaban J connectivity index is 1.57. The lowest BCUT2D eigenvalue weighted by atomic mass is 9.82. The van der Waals surface area contributed by atoms with E-state index in [2.05, 4.69) is 0 Å². The third-order valence-electron chi connectivity index (χ3n) is 7.15. The minimum Gasteiger partial charge on any atom is -0.508 e. The van der Waals surface area contributed by atoms with Gasteiger partial charge in [0.15, 0.2) is 5.78 Å². The van der Waals surface area contributed by atoms with Gasteiger partial charge in [-0.15, -0.1) is 0 Å². The first kappa shape index (κ1) is 20.8. The number of fused-ring (bicyclic) bond motifs is 5. The second-order valence-electron chi connectivity index (χ2n) is 9.83. The molecule has 1 atom stereocenters. The first-order chi connectivity index (χ1) is 16.2. The van der Waals surface area contributed by atoms with E-state index in [4.69, 9.17) is 4.74 Å². The topological polar surface area (TPSA) is 95.5 Å². The zero-order valence-corrected chi connectivity index (χ0v) is 19.2. The summed E-state index contributed by atoms with van der Waals surface area (Å²) in [6, 6.07) is 9.52. The molecule has 8 heteroatoms. The molecule has 0 radical (unpaired) electrons. The van der Waals surface area contributed by atoms with Crippen LogP contribution >= 0.6 is 0 Å². The van der Waals surface area contributed by atoms with Crippen LogP contribution in [-0.2, 0) is 6.54 Å². The summed E-state index contributed by atoms with van der Waals surface area (Å²) >= 11 is 0. The van der Waals surface area contributed by atoms with Crippen molar-refractivity contribution in [1.82, 2.24) is 13.9 Å². The molecule has 3 heterocycles. The highest BCUT2D eigenvalue weighted by Gasteiger charge is 2.45. The molecule has 3 aliphatic rings. The van der Waals surface area contributed by atoms with Gasteiger partial charge < -0.3 is 9.84 Å². The third kappa shape index (κ3) is 2.87. The maximum atomic E-state index is 13.7. The number of allylic oxidation sites excluding steroid dienone is 1. The molecule has 2 aliphatic heterocycles. The highest BCUT2D eigenvalue weighted by atomic mass is 16.5. The SMILES string of the molecule is CC(=O)c1ccc(-n2c(=O)n3n(c2=O)C2C(=CC3)C(C)(C)Oc3cc(O)c(C4CC4)cc32)cc1. The van der Waals surface area contributed by atoms with Gasteiger partial charge in [-0.05, 0) is 81.0 Å². The number of nitrogens with zero attached hydrogens (tertiary/aromatic N) is 3. The largest absolute Gasteiger partial charge is 0.508 e. The minimum atomic E-state index is -0.725. The van der Waals surface area contributed by atoms with E-state index in [0.29, 0.717) is 22.9 Å². The van der Waals surface area contributed by atoms with E-state index < -0.39 is 23.0 Å². The fraction of sp³-hybridized carbons (Fsp3) is 0.346. The van der Waals surface area contributed by atoms with E-state index in [1.54, 1.807) is 30.3 Å². The number of phenolic OH excluding ortho intramolecular Hbond substituents is 1. The number of carbonyl (C=O) groups excluding carboxylic acids is 1. The summed E-state index contributed by atoms with van der Waals surface area (Å²) in [5.74, 6) is 0.935. The molecule has 1 aromatic heterocycles. The summed E-state index contributed by atoms with van der Waals surface area (Å²) in [7, 11) is 0. The minimum absolute atomic E-state index is 0.0867.